The molecule has 4 heteroatoms. The minimum absolute atomic E-state index is 0.318. The standard InChI is InChI=1S/C12H7N2O2/c13-14-11(15)9-6-5-7-3-1-2-4-8(7)10(9)12(14)16/h1-6,13H. The molecule has 0 aliphatic carbocycles. The van der Waals surface area contributed by atoms with E-state index in [0.717, 1.165) is 10.8 Å². The number of fused-ring (bicyclic) bond motifs is 3. The van der Waals surface area contributed by atoms with Crippen molar-refractivity contribution in [2.45, 2.75) is 0 Å². The Morgan fingerprint density at radius 1 is 0.938 bits per heavy atom. The maximum atomic E-state index is 11.7. The Balaban J connectivity index is 2.46. The first-order chi connectivity index (χ1) is 7.70. The van der Waals surface area contributed by atoms with Crippen LogP contribution in [-0.2, 0) is 0 Å². The van der Waals surface area contributed by atoms with Crippen molar-refractivity contribution in [3.63, 3.8) is 0 Å². The average Bonchev–Trinajstić information content (AvgIpc) is 2.55. The number of nitrogens with one attached hydrogen (secondary N) is 1. The van der Waals surface area contributed by atoms with Crippen molar-refractivity contribution in [3.05, 3.63) is 47.5 Å². The van der Waals surface area contributed by atoms with Crippen LogP contribution in [0, 0.1) is 0 Å². The van der Waals surface area contributed by atoms with Gasteiger partial charge < -0.3 is 0 Å². The normalized spacial score (nSPS) is 14.7. The number of carbonyl (C=O) groups is 2. The van der Waals surface area contributed by atoms with E-state index >= 15 is 0 Å². The van der Waals surface area contributed by atoms with E-state index in [1.807, 2.05) is 18.2 Å². The minimum atomic E-state index is -0.550. The second-order valence-corrected chi connectivity index (χ2v) is 3.65. The molecule has 3 rings (SSSR count). The van der Waals surface area contributed by atoms with Crippen molar-refractivity contribution in [3.8, 4) is 0 Å². The molecule has 1 aliphatic rings. The van der Waals surface area contributed by atoms with Crippen LogP contribution in [0.3, 0.4) is 0 Å². The van der Waals surface area contributed by atoms with Crippen LogP contribution in [0.5, 0.6) is 0 Å². The van der Waals surface area contributed by atoms with Crippen LogP contribution in [0.25, 0.3) is 10.8 Å². The molecule has 0 unspecified atom stereocenters. The van der Waals surface area contributed by atoms with Crippen LogP contribution in [0.2, 0.25) is 0 Å². The third-order valence-corrected chi connectivity index (χ3v) is 2.78. The van der Waals surface area contributed by atoms with Crippen molar-refractivity contribution in [2.24, 2.45) is 0 Å². The number of carbonyl (C=O) groups excluding carboxylic acids is 2. The van der Waals surface area contributed by atoms with E-state index in [1.165, 1.54) is 0 Å². The monoisotopic (exact) mass is 211 g/mol. The topological polar surface area (TPSA) is 61.2 Å². The summed E-state index contributed by atoms with van der Waals surface area (Å²) in [6.45, 7) is 0. The van der Waals surface area contributed by atoms with Gasteiger partial charge in [0.1, 0.15) is 0 Å². The van der Waals surface area contributed by atoms with Gasteiger partial charge in [0.05, 0.1) is 11.1 Å². The van der Waals surface area contributed by atoms with E-state index in [1.54, 1.807) is 18.2 Å². The van der Waals surface area contributed by atoms with Crippen molar-refractivity contribution < 1.29 is 9.59 Å². The molecule has 0 aromatic heterocycles. The largest absolute Gasteiger partial charge is 0.277 e. The fourth-order valence-electron chi connectivity index (χ4n) is 2.00. The molecule has 2 aromatic rings. The summed E-state index contributed by atoms with van der Waals surface area (Å²) in [5.74, 6) is 6.24. The maximum absolute atomic E-state index is 11.7. The second kappa shape index (κ2) is 2.90. The molecular formula is C12H7N2O2. The van der Waals surface area contributed by atoms with E-state index in [-0.39, 0.29) is 0 Å². The number of hydrogen-bond donors (Lipinski definition) is 0. The van der Waals surface area contributed by atoms with Crippen LogP contribution in [0.1, 0.15) is 20.7 Å². The highest BCUT2D eigenvalue weighted by Gasteiger charge is 2.35. The van der Waals surface area contributed by atoms with Crippen LogP contribution in [0.15, 0.2) is 36.4 Å². The van der Waals surface area contributed by atoms with Gasteiger partial charge in [-0.05, 0) is 16.8 Å². The minimum Gasteiger partial charge on any atom is -0.267 e. The number of amides is 2. The van der Waals surface area contributed by atoms with E-state index in [4.69, 9.17) is 5.84 Å². The maximum Gasteiger partial charge on any atom is 0.277 e. The Hall–Kier alpha value is -2.20. The van der Waals surface area contributed by atoms with Gasteiger partial charge in [-0.2, -0.15) is 5.01 Å². The van der Waals surface area contributed by atoms with Crippen LogP contribution < -0.4 is 5.84 Å². The molecule has 16 heavy (non-hydrogen) atoms. The summed E-state index contributed by atoms with van der Waals surface area (Å²) >= 11 is 0. The van der Waals surface area contributed by atoms with Gasteiger partial charge in [-0.1, -0.05) is 30.3 Å². The molecule has 1 N–H and O–H groups in total. The summed E-state index contributed by atoms with van der Waals surface area (Å²) in [5, 5.41) is 2.04. The fourth-order valence-corrected chi connectivity index (χ4v) is 2.00. The van der Waals surface area contributed by atoms with E-state index < -0.39 is 11.8 Å². The van der Waals surface area contributed by atoms with Crippen LogP contribution in [-0.4, -0.2) is 16.8 Å². The van der Waals surface area contributed by atoms with E-state index in [0.29, 0.717) is 16.1 Å². The number of imide groups is 1. The Kier molecular flexibility index (Phi) is 1.64. The first-order valence-electron chi connectivity index (χ1n) is 4.82. The van der Waals surface area contributed by atoms with Gasteiger partial charge in [-0.25, -0.2) is 0 Å². The van der Waals surface area contributed by atoms with Crippen molar-refractivity contribution in [1.29, 1.82) is 0 Å². The first kappa shape index (κ1) is 9.06. The van der Waals surface area contributed by atoms with Gasteiger partial charge in [-0.15, -0.1) is 5.84 Å². The first-order valence-corrected chi connectivity index (χ1v) is 4.82. The number of hydrogen-bond acceptors (Lipinski definition) is 2. The molecule has 0 atom stereocenters. The Bertz CT molecular complexity index is 634. The van der Waals surface area contributed by atoms with Gasteiger partial charge in [0.15, 0.2) is 0 Å². The summed E-state index contributed by atoms with van der Waals surface area (Å²) in [6.07, 6.45) is 0. The number of rotatable bonds is 0. The van der Waals surface area contributed by atoms with Gasteiger partial charge >= 0.3 is 0 Å². The second-order valence-electron chi connectivity index (χ2n) is 3.65. The fraction of sp³-hybridized carbons (Fsp3) is 0. The van der Waals surface area contributed by atoms with Crippen molar-refractivity contribution >= 4 is 22.6 Å². The van der Waals surface area contributed by atoms with Crippen molar-refractivity contribution in [2.75, 3.05) is 0 Å². The van der Waals surface area contributed by atoms with Crippen LogP contribution >= 0.6 is 0 Å². The highest BCUT2D eigenvalue weighted by atomic mass is 16.2. The van der Waals surface area contributed by atoms with Gasteiger partial charge in [0, 0.05) is 0 Å². The summed E-state index contributed by atoms with van der Waals surface area (Å²) in [5.41, 5.74) is 0.664. The Morgan fingerprint density at radius 3 is 2.50 bits per heavy atom. The zero-order valence-electron chi connectivity index (χ0n) is 8.23. The lowest BCUT2D eigenvalue weighted by molar-refractivity contribution is 0.0639. The highest BCUT2D eigenvalue weighted by molar-refractivity contribution is 6.26. The predicted octanol–water partition coefficient (Wildman–Crippen LogP) is 1.63. The molecule has 0 bridgehead atoms. The summed E-state index contributed by atoms with van der Waals surface area (Å²) in [7, 11) is 0. The molecule has 2 amide bonds. The lowest BCUT2D eigenvalue weighted by atomic mass is 10.0. The summed E-state index contributed by atoms with van der Waals surface area (Å²) in [4.78, 5) is 23.3. The third-order valence-electron chi connectivity index (χ3n) is 2.78. The predicted molar refractivity (Wildman–Crippen MR) is 57.5 cm³/mol. The molecule has 0 saturated heterocycles. The molecule has 0 spiro atoms. The van der Waals surface area contributed by atoms with Gasteiger partial charge in [0.2, 0.25) is 0 Å². The highest BCUT2D eigenvalue weighted by Crippen LogP contribution is 2.28. The lowest BCUT2D eigenvalue weighted by Crippen LogP contribution is -2.27. The smallest absolute Gasteiger partial charge is 0.267 e. The molecule has 0 fully saturated rings. The summed E-state index contributed by atoms with van der Waals surface area (Å²) in [6, 6.07) is 10.7. The quantitative estimate of drug-likeness (QED) is 0.622. The SMILES string of the molecule is [NH]N1C(=O)c2ccc3ccccc3c2C1=O. The molecule has 1 heterocycles. The Labute approximate surface area is 91.2 Å². The van der Waals surface area contributed by atoms with Gasteiger partial charge in [0.25, 0.3) is 11.8 Å². The lowest BCUT2D eigenvalue weighted by Gasteiger charge is -2.02. The van der Waals surface area contributed by atoms with E-state index in [9.17, 15) is 9.59 Å². The number of nitrogens with zero attached hydrogens (tertiary/aromatic N) is 1. The third kappa shape index (κ3) is 0.963. The van der Waals surface area contributed by atoms with Crippen LogP contribution in [0.4, 0.5) is 0 Å². The van der Waals surface area contributed by atoms with E-state index in [2.05, 4.69) is 0 Å². The molecular weight excluding hydrogens is 204 g/mol. The molecule has 2 aromatic carbocycles. The molecule has 0 saturated carbocycles. The molecule has 4 nitrogen and oxygen atoms in total. The van der Waals surface area contributed by atoms with Crippen molar-refractivity contribution in [1.82, 2.24) is 10.9 Å². The Morgan fingerprint density at radius 2 is 1.69 bits per heavy atom. The average molecular weight is 211 g/mol. The summed E-state index contributed by atoms with van der Waals surface area (Å²) < 4.78 is 0. The molecule has 77 valence electrons. The van der Waals surface area contributed by atoms with Gasteiger partial charge in [-0.3, -0.25) is 9.59 Å². The molecule has 1 aliphatic heterocycles. The zero-order chi connectivity index (χ0) is 11.3. The zero-order valence-corrected chi connectivity index (χ0v) is 8.23. The molecule has 1 radical (unpaired) electrons. The number of benzene rings is 2.